The molecule has 0 fully saturated rings. The Bertz CT molecular complexity index is 282. The summed E-state index contributed by atoms with van der Waals surface area (Å²) in [5.74, 6) is -1.83. The van der Waals surface area contributed by atoms with Crippen molar-refractivity contribution in [1.29, 1.82) is 0 Å². The third-order valence-corrected chi connectivity index (χ3v) is 1.08. The Morgan fingerprint density at radius 1 is 0.765 bits per heavy atom. The quantitative estimate of drug-likeness (QED) is 0.461. The SMILES string of the molecule is C/C=C/C=C/C(=O)O.C/C=C/C=C/C(=O)O.[KH]. The average Bonchev–Trinajstić information content (AvgIpc) is 2.18. The Hall–Kier alpha value is -0.464. The van der Waals surface area contributed by atoms with Crippen LogP contribution in [0.15, 0.2) is 48.6 Å². The second-order valence-corrected chi connectivity index (χ2v) is 2.45. The zero-order valence-corrected chi connectivity index (χ0v) is 9.33. The summed E-state index contributed by atoms with van der Waals surface area (Å²) in [6.07, 6.45) is 12.0. The predicted octanol–water partition coefficient (Wildman–Crippen LogP) is 1.76. The van der Waals surface area contributed by atoms with E-state index in [1.54, 1.807) is 24.3 Å². The number of carboxylic acid groups (broad SMARTS) is 2. The molecular formula is C12H17KO4. The zero-order chi connectivity index (χ0) is 12.8. The molecule has 0 aliphatic rings. The van der Waals surface area contributed by atoms with Crippen molar-refractivity contribution in [2.75, 3.05) is 0 Å². The summed E-state index contributed by atoms with van der Waals surface area (Å²) < 4.78 is 0. The average molecular weight is 264 g/mol. The molecule has 0 saturated carbocycles. The third kappa shape index (κ3) is 31.3. The van der Waals surface area contributed by atoms with E-state index in [1.807, 2.05) is 13.8 Å². The van der Waals surface area contributed by atoms with Gasteiger partial charge >= 0.3 is 63.3 Å². The van der Waals surface area contributed by atoms with Gasteiger partial charge in [0, 0.05) is 12.2 Å². The first-order valence-corrected chi connectivity index (χ1v) is 4.59. The zero-order valence-electron chi connectivity index (χ0n) is 9.33. The number of carboxylic acids is 2. The van der Waals surface area contributed by atoms with Crippen molar-refractivity contribution in [2.24, 2.45) is 0 Å². The second-order valence-electron chi connectivity index (χ2n) is 2.45. The molecule has 0 rings (SSSR count). The first-order valence-electron chi connectivity index (χ1n) is 4.59. The van der Waals surface area contributed by atoms with Crippen LogP contribution in [0.25, 0.3) is 0 Å². The van der Waals surface area contributed by atoms with Crippen LogP contribution in [0.5, 0.6) is 0 Å². The monoisotopic (exact) mass is 264 g/mol. The summed E-state index contributed by atoms with van der Waals surface area (Å²) in [5.41, 5.74) is 0. The predicted molar refractivity (Wildman–Crippen MR) is 70.3 cm³/mol. The van der Waals surface area contributed by atoms with Crippen molar-refractivity contribution >= 4 is 63.3 Å². The van der Waals surface area contributed by atoms with E-state index in [9.17, 15) is 9.59 Å². The fourth-order valence-electron chi connectivity index (χ4n) is 0.498. The van der Waals surface area contributed by atoms with Gasteiger partial charge in [0.05, 0.1) is 0 Å². The van der Waals surface area contributed by atoms with Crippen LogP contribution in [0.1, 0.15) is 13.8 Å². The van der Waals surface area contributed by atoms with Gasteiger partial charge in [0.25, 0.3) is 0 Å². The minimum atomic E-state index is -0.914. The summed E-state index contributed by atoms with van der Waals surface area (Å²) in [7, 11) is 0. The van der Waals surface area contributed by atoms with Crippen molar-refractivity contribution < 1.29 is 19.8 Å². The molecule has 0 aromatic carbocycles. The molecule has 0 saturated heterocycles. The molecule has 0 bridgehead atoms. The van der Waals surface area contributed by atoms with E-state index in [-0.39, 0.29) is 51.4 Å². The number of hydrogen-bond acceptors (Lipinski definition) is 2. The van der Waals surface area contributed by atoms with Crippen LogP contribution >= 0.6 is 0 Å². The number of allylic oxidation sites excluding steroid dienone is 6. The van der Waals surface area contributed by atoms with Gasteiger partial charge in [0.1, 0.15) is 0 Å². The Labute approximate surface area is 144 Å². The van der Waals surface area contributed by atoms with E-state index >= 15 is 0 Å². The van der Waals surface area contributed by atoms with Gasteiger partial charge in [-0.3, -0.25) is 0 Å². The molecule has 4 nitrogen and oxygen atoms in total. The number of rotatable bonds is 4. The maximum absolute atomic E-state index is 9.75. The summed E-state index contributed by atoms with van der Waals surface area (Å²) in [6, 6.07) is 0. The van der Waals surface area contributed by atoms with Crippen LogP contribution in [0.4, 0.5) is 0 Å². The maximum atomic E-state index is 9.75. The van der Waals surface area contributed by atoms with Crippen molar-refractivity contribution in [3.05, 3.63) is 48.6 Å². The van der Waals surface area contributed by atoms with Crippen LogP contribution in [0, 0.1) is 0 Å². The van der Waals surface area contributed by atoms with E-state index in [0.717, 1.165) is 12.2 Å². The van der Waals surface area contributed by atoms with Crippen LogP contribution in [0.2, 0.25) is 0 Å². The number of aliphatic carboxylic acids is 2. The molecular weight excluding hydrogens is 247 g/mol. The van der Waals surface area contributed by atoms with Gasteiger partial charge in [-0.15, -0.1) is 0 Å². The summed E-state index contributed by atoms with van der Waals surface area (Å²) in [6.45, 7) is 3.65. The van der Waals surface area contributed by atoms with Gasteiger partial charge < -0.3 is 10.2 Å². The van der Waals surface area contributed by atoms with Crippen molar-refractivity contribution in [2.45, 2.75) is 13.8 Å². The standard InChI is InChI=1S/2C6H8O2.K.H/c2*1-2-3-4-5-6(7)8;;/h2*2-5H,1H3,(H,7,8);;/b2*3-2+,5-4+;;. The molecule has 0 aromatic rings. The molecule has 17 heavy (non-hydrogen) atoms. The Kier molecular flexibility index (Phi) is 23.0. The van der Waals surface area contributed by atoms with Crippen LogP contribution in [0.3, 0.4) is 0 Å². The summed E-state index contributed by atoms with van der Waals surface area (Å²) in [5, 5.41) is 16.0. The summed E-state index contributed by atoms with van der Waals surface area (Å²) in [4.78, 5) is 19.5. The molecule has 0 aromatic heterocycles. The Morgan fingerprint density at radius 2 is 1.06 bits per heavy atom. The van der Waals surface area contributed by atoms with Gasteiger partial charge in [-0.25, -0.2) is 9.59 Å². The number of carbonyl (C=O) groups is 2. The molecule has 0 aliphatic carbocycles. The van der Waals surface area contributed by atoms with Crippen LogP contribution in [-0.2, 0) is 9.59 Å². The molecule has 0 unspecified atom stereocenters. The fraction of sp³-hybridized carbons (Fsp3) is 0.167. The van der Waals surface area contributed by atoms with Gasteiger partial charge in [-0.2, -0.15) is 0 Å². The molecule has 2 N–H and O–H groups in total. The van der Waals surface area contributed by atoms with Crippen molar-refractivity contribution in [3.63, 3.8) is 0 Å². The van der Waals surface area contributed by atoms with Gasteiger partial charge in [-0.05, 0) is 13.8 Å². The third-order valence-electron chi connectivity index (χ3n) is 1.08. The van der Waals surface area contributed by atoms with Gasteiger partial charge in [0.2, 0.25) is 0 Å². The molecule has 0 spiro atoms. The topological polar surface area (TPSA) is 74.6 Å². The molecule has 0 radical (unpaired) electrons. The van der Waals surface area contributed by atoms with E-state index in [2.05, 4.69) is 0 Å². The van der Waals surface area contributed by atoms with Crippen molar-refractivity contribution in [1.82, 2.24) is 0 Å². The minimum absolute atomic E-state index is 0. The van der Waals surface area contributed by atoms with E-state index in [0.29, 0.717) is 0 Å². The molecule has 0 heterocycles. The van der Waals surface area contributed by atoms with Crippen LogP contribution < -0.4 is 0 Å². The van der Waals surface area contributed by atoms with E-state index < -0.39 is 11.9 Å². The normalized spacial score (nSPS) is 10.5. The molecule has 0 atom stereocenters. The van der Waals surface area contributed by atoms with E-state index in [1.165, 1.54) is 12.2 Å². The fourth-order valence-corrected chi connectivity index (χ4v) is 0.498. The van der Waals surface area contributed by atoms with Crippen LogP contribution in [-0.4, -0.2) is 73.5 Å². The Morgan fingerprint density at radius 3 is 1.24 bits per heavy atom. The van der Waals surface area contributed by atoms with E-state index in [4.69, 9.17) is 10.2 Å². The molecule has 0 amide bonds. The Balaban J connectivity index is -0.000000218. The second kappa shape index (κ2) is 17.9. The molecule has 5 heteroatoms. The summed E-state index contributed by atoms with van der Waals surface area (Å²) >= 11 is 0. The molecule has 0 aliphatic heterocycles. The van der Waals surface area contributed by atoms with Gasteiger partial charge in [0.15, 0.2) is 0 Å². The number of hydrogen-bond donors (Lipinski definition) is 2. The van der Waals surface area contributed by atoms with Gasteiger partial charge in [-0.1, -0.05) is 36.5 Å². The first kappa shape index (κ1) is 21.8. The molecule has 90 valence electrons. The van der Waals surface area contributed by atoms with Crippen molar-refractivity contribution in [3.8, 4) is 0 Å². The first-order chi connectivity index (χ1) is 7.54.